The molecule has 0 unspecified atom stereocenters. The van der Waals surface area contributed by atoms with E-state index in [2.05, 4.69) is 21.2 Å². The Bertz CT molecular complexity index is 764. The molecule has 4 nitrogen and oxygen atoms in total. The minimum atomic E-state index is -0.104. The molecular formula is C17H15BrClNO3. The van der Waals surface area contributed by atoms with Gasteiger partial charge in [0.25, 0.3) is 0 Å². The molecule has 0 fully saturated rings. The molecule has 0 spiro atoms. The van der Waals surface area contributed by atoms with E-state index in [0.717, 1.165) is 21.3 Å². The van der Waals surface area contributed by atoms with Crippen molar-refractivity contribution < 1.29 is 14.3 Å². The highest BCUT2D eigenvalue weighted by atomic mass is 79.9. The van der Waals surface area contributed by atoms with E-state index in [1.165, 1.54) is 0 Å². The molecule has 0 bridgehead atoms. The number of nitrogens with one attached hydrogen (secondary N) is 1. The highest BCUT2D eigenvalue weighted by molar-refractivity contribution is 9.10. The number of amides is 1. The predicted molar refractivity (Wildman–Crippen MR) is 93.7 cm³/mol. The summed E-state index contributed by atoms with van der Waals surface area (Å²) >= 11 is 9.41. The van der Waals surface area contributed by atoms with E-state index in [-0.39, 0.29) is 12.3 Å². The van der Waals surface area contributed by atoms with Crippen molar-refractivity contribution in [3.63, 3.8) is 0 Å². The molecule has 23 heavy (non-hydrogen) atoms. The van der Waals surface area contributed by atoms with Gasteiger partial charge in [0, 0.05) is 15.2 Å². The Morgan fingerprint density at radius 3 is 2.61 bits per heavy atom. The topological polar surface area (TPSA) is 47.6 Å². The number of halogens is 2. The summed E-state index contributed by atoms with van der Waals surface area (Å²) in [5.74, 6) is 1.26. The van der Waals surface area contributed by atoms with Gasteiger partial charge in [-0.2, -0.15) is 0 Å². The molecule has 1 aliphatic heterocycles. The second kappa shape index (κ2) is 6.81. The molecule has 0 aromatic heterocycles. The van der Waals surface area contributed by atoms with Crippen molar-refractivity contribution in [2.75, 3.05) is 18.5 Å². The van der Waals surface area contributed by atoms with Gasteiger partial charge in [0.1, 0.15) is 13.2 Å². The van der Waals surface area contributed by atoms with Gasteiger partial charge in [0.05, 0.1) is 6.42 Å². The van der Waals surface area contributed by atoms with Gasteiger partial charge >= 0.3 is 0 Å². The molecule has 3 rings (SSSR count). The number of benzene rings is 2. The zero-order chi connectivity index (χ0) is 16.4. The number of rotatable bonds is 3. The van der Waals surface area contributed by atoms with Crippen molar-refractivity contribution in [3.8, 4) is 11.5 Å². The van der Waals surface area contributed by atoms with Crippen molar-refractivity contribution in [3.05, 3.63) is 51.0 Å². The monoisotopic (exact) mass is 395 g/mol. The number of hydrogen-bond acceptors (Lipinski definition) is 3. The molecule has 2 aromatic carbocycles. The third kappa shape index (κ3) is 3.79. The van der Waals surface area contributed by atoms with Crippen LogP contribution in [0.25, 0.3) is 0 Å². The Kier molecular flexibility index (Phi) is 4.78. The van der Waals surface area contributed by atoms with Crippen LogP contribution in [-0.2, 0) is 11.2 Å². The summed E-state index contributed by atoms with van der Waals surface area (Å²) in [5, 5.41) is 3.55. The van der Waals surface area contributed by atoms with Crippen LogP contribution in [0.1, 0.15) is 11.1 Å². The molecule has 1 aliphatic rings. The lowest BCUT2D eigenvalue weighted by Crippen LogP contribution is -2.18. The van der Waals surface area contributed by atoms with Crippen molar-refractivity contribution in [1.29, 1.82) is 0 Å². The highest BCUT2D eigenvalue weighted by Gasteiger charge is 2.16. The summed E-state index contributed by atoms with van der Waals surface area (Å²) in [6.45, 7) is 2.96. The molecule has 0 saturated heterocycles. The minimum Gasteiger partial charge on any atom is -0.486 e. The Hall–Kier alpha value is -1.72. The number of aryl methyl sites for hydroxylation is 1. The molecule has 120 valence electrons. The molecule has 0 radical (unpaired) electrons. The van der Waals surface area contributed by atoms with E-state index < -0.39 is 0 Å². The van der Waals surface area contributed by atoms with Crippen LogP contribution in [-0.4, -0.2) is 19.1 Å². The second-order valence-electron chi connectivity index (χ2n) is 5.27. The first kappa shape index (κ1) is 16.1. The smallest absolute Gasteiger partial charge is 0.228 e. The average molecular weight is 397 g/mol. The predicted octanol–water partition coefficient (Wildman–Crippen LogP) is 4.36. The van der Waals surface area contributed by atoms with Crippen LogP contribution in [0.2, 0.25) is 5.02 Å². The van der Waals surface area contributed by atoms with Crippen LogP contribution in [0.3, 0.4) is 0 Å². The molecule has 1 amide bonds. The first-order chi connectivity index (χ1) is 11.0. The number of ether oxygens (including phenoxy) is 2. The van der Waals surface area contributed by atoms with E-state index in [4.69, 9.17) is 21.1 Å². The molecule has 1 N–H and O–H groups in total. The van der Waals surface area contributed by atoms with Gasteiger partial charge in [0.15, 0.2) is 11.5 Å². The largest absolute Gasteiger partial charge is 0.486 e. The molecule has 2 aromatic rings. The fraction of sp³-hybridized carbons (Fsp3) is 0.235. The molecule has 1 heterocycles. The highest BCUT2D eigenvalue weighted by Crippen LogP contribution is 2.35. The third-order valence-electron chi connectivity index (χ3n) is 3.52. The van der Waals surface area contributed by atoms with Crippen LogP contribution in [0.5, 0.6) is 11.5 Å². The molecular weight excluding hydrogens is 382 g/mol. The van der Waals surface area contributed by atoms with Crippen LogP contribution in [0.4, 0.5) is 5.69 Å². The Morgan fingerprint density at radius 1 is 1.22 bits per heavy atom. The lowest BCUT2D eigenvalue weighted by atomic mass is 10.1. The molecule has 0 saturated carbocycles. The van der Waals surface area contributed by atoms with Gasteiger partial charge in [-0.15, -0.1) is 0 Å². The molecule has 0 atom stereocenters. The van der Waals surface area contributed by atoms with E-state index in [1.807, 2.05) is 25.1 Å². The fourth-order valence-corrected chi connectivity index (χ4v) is 3.07. The number of hydrogen-bond donors (Lipinski definition) is 1. The van der Waals surface area contributed by atoms with Crippen molar-refractivity contribution in [2.45, 2.75) is 13.3 Å². The van der Waals surface area contributed by atoms with E-state index in [1.54, 1.807) is 12.1 Å². The van der Waals surface area contributed by atoms with Crippen molar-refractivity contribution in [1.82, 2.24) is 0 Å². The lowest BCUT2D eigenvalue weighted by molar-refractivity contribution is -0.115. The lowest BCUT2D eigenvalue weighted by Gasteiger charge is -2.20. The number of fused-ring (bicyclic) bond motifs is 1. The summed E-state index contributed by atoms with van der Waals surface area (Å²) < 4.78 is 11.9. The SMILES string of the molecule is Cc1cc(Cl)ccc1NC(=O)Cc1cc2c(cc1Br)OCCO2. The maximum atomic E-state index is 12.3. The standard InChI is InChI=1S/C17H15BrClNO3/c1-10-6-12(19)2-3-14(10)20-17(21)8-11-7-15-16(9-13(11)18)23-5-4-22-15/h2-3,6-7,9H,4-5,8H2,1H3,(H,20,21). The van der Waals surface area contributed by atoms with Crippen LogP contribution in [0.15, 0.2) is 34.8 Å². The Morgan fingerprint density at radius 2 is 1.91 bits per heavy atom. The number of carbonyl (C=O) groups is 1. The normalized spacial score (nSPS) is 12.8. The van der Waals surface area contributed by atoms with Gasteiger partial charge in [-0.05, 0) is 48.4 Å². The Balaban J connectivity index is 1.75. The van der Waals surface area contributed by atoms with Crippen molar-refractivity contribution >= 4 is 39.1 Å². The van der Waals surface area contributed by atoms with Gasteiger partial charge in [-0.3, -0.25) is 4.79 Å². The van der Waals surface area contributed by atoms with E-state index in [0.29, 0.717) is 29.7 Å². The summed E-state index contributed by atoms with van der Waals surface area (Å²) in [4.78, 5) is 12.3. The van der Waals surface area contributed by atoms with Crippen LogP contribution in [0, 0.1) is 6.92 Å². The quantitative estimate of drug-likeness (QED) is 0.838. The van der Waals surface area contributed by atoms with Gasteiger partial charge in [-0.1, -0.05) is 27.5 Å². The van der Waals surface area contributed by atoms with Crippen molar-refractivity contribution in [2.24, 2.45) is 0 Å². The van der Waals surface area contributed by atoms with E-state index >= 15 is 0 Å². The molecule has 6 heteroatoms. The zero-order valence-corrected chi connectivity index (χ0v) is 14.8. The summed E-state index contributed by atoms with van der Waals surface area (Å²) in [6, 6.07) is 9.05. The summed E-state index contributed by atoms with van der Waals surface area (Å²) in [5.41, 5.74) is 2.53. The van der Waals surface area contributed by atoms with Crippen LogP contribution >= 0.6 is 27.5 Å². The van der Waals surface area contributed by atoms with Gasteiger partial charge in [-0.25, -0.2) is 0 Å². The van der Waals surface area contributed by atoms with Gasteiger partial charge in [0.2, 0.25) is 5.91 Å². The second-order valence-corrected chi connectivity index (χ2v) is 6.56. The maximum absolute atomic E-state index is 12.3. The first-order valence-corrected chi connectivity index (χ1v) is 8.34. The zero-order valence-electron chi connectivity index (χ0n) is 12.5. The maximum Gasteiger partial charge on any atom is 0.228 e. The Labute approximate surface area is 147 Å². The number of anilines is 1. The number of carbonyl (C=O) groups excluding carboxylic acids is 1. The minimum absolute atomic E-state index is 0.104. The summed E-state index contributed by atoms with van der Waals surface area (Å²) in [7, 11) is 0. The third-order valence-corrected chi connectivity index (χ3v) is 4.50. The van der Waals surface area contributed by atoms with Crippen LogP contribution < -0.4 is 14.8 Å². The van der Waals surface area contributed by atoms with E-state index in [9.17, 15) is 4.79 Å². The molecule has 0 aliphatic carbocycles. The first-order valence-electron chi connectivity index (χ1n) is 7.17. The summed E-state index contributed by atoms with van der Waals surface area (Å²) in [6.07, 6.45) is 0.235. The van der Waals surface area contributed by atoms with Gasteiger partial charge < -0.3 is 14.8 Å². The average Bonchev–Trinajstić information content (AvgIpc) is 2.51. The fourth-order valence-electron chi connectivity index (χ4n) is 2.38.